The van der Waals surface area contributed by atoms with Gasteiger partial charge in [0.05, 0.1) is 11.0 Å². The lowest BCUT2D eigenvalue weighted by atomic mass is 10.0. The maximum absolute atomic E-state index is 13.3. The molecule has 0 aliphatic rings. The fourth-order valence-electron chi connectivity index (χ4n) is 1.98. The lowest BCUT2D eigenvalue weighted by Gasteiger charge is -2.29. The molecular formula is C13H19FN2S. The molecule has 1 aromatic carbocycles. The summed E-state index contributed by atoms with van der Waals surface area (Å²) in [6.45, 7) is 7.58. The van der Waals surface area contributed by atoms with Crippen LogP contribution < -0.4 is 5.73 Å². The maximum atomic E-state index is 13.3. The number of hydrogen-bond acceptors (Lipinski definition) is 2. The van der Waals surface area contributed by atoms with Crippen LogP contribution in [-0.4, -0.2) is 23.0 Å². The molecule has 0 aliphatic carbocycles. The van der Waals surface area contributed by atoms with E-state index in [0.717, 1.165) is 18.7 Å². The van der Waals surface area contributed by atoms with E-state index in [9.17, 15) is 4.39 Å². The third-order valence-electron chi connectivity index (χ3n) is 2.94. The van der Waals surface area contributed by atoms with Crippen molar-refractivity contribution in [3.05, 3.63) is 35.1 Å². The Balaban J connectivity index is 3.13. The molecule has 1 rings (SSSR count). The summed E-state index contributed by atoms with van der Waals surface area (Å²) in [5, 5.41) is 0. The minimum absolute atomic E-state index is 0.112. The molecule has 1 unspecified atom stereocenters. The molecule has 0 spiro atoms. The third kappa shape index (κ3) is 3.23. The highest BCUT2D eigenvalue weighted by Gasteiger charge is 2.21. The molecule has 0 fully saturated rings. The zero-order valence-electron chi connectivity index (χ0n) is 10.5. The number of likely N-dealkylation sites (N-methyl/N-ethyl adjacent to an activating group) is 1. The van der Waals surface area contributed by atoms with Gasteiger partial charge in [-0.3, -0.25) is 4.90 Å². The summed E-state index contributed by atoms with van der Waals surface area (Å²) in [6.07, 6.45) is 0. The van der Waals surface area contributed by atoms with E-state index < -0.39 is 0 Å². The lowest BCUT2D eigenvalue weighted by molar-refractivity contribution is 0.272. The van der Waals surface area contributed by atoms with Gasteiger partial charge in [-0.1, -0.05) is 38.2 Å². The number of rotatable bonds is 5. The van der Waals surface area contributed by atoms with Gasteiger partial charge in [0.15, 0.2) is 0 Å². The number of halogens is 1. The van der Waals surface area contributed by atoms with Gasteiger partial charge in [0.2, 0.25) is 0 Å². The molecule has 0 aliphatic heterocycles. The molecule has 0 heterocycles. The van der Waals surface area contributed by atoms with Gasteiger partial charge in [0, 0.05) is 0 Å². The van der Waals surface area contributed by atoms with Gasteiger partial charge >= 0.3 is 0 Å². The number of nitrogens with two attached hydrogens (primary N) is 1. The Kier molecular flexibility index (Phi) is 5.02. The van der Waals surface area contributed by atoms with Crippen LogP contribution in [0.4, 0.5) is 4.39 Å². The van der Waals surface area contributed by atoms with Crippen molar-refractivity contribution < 1.29 is 4.39 Å². The van der Waals surface area contributed by atoms with E-state index in [1.54, 1.807) is 13.0 Å². The van der Waals surface area contributed by atoms with Crippen LogP contribution in [0.1, 0.15) is 31.0 Å². The molecule has 0 bridgehead atoms. The number of thiocarbonyl (C=S) groups is 1. The first-order chi connectivity index (χ1) is 8.01. The fourth-order valence-corrected chi connectivity index (χ4v) is 2.27. The Morgan fingerprint density at radius 2 is 2.00 bits per heavy atom. The molecule has 1 aromatic rings. The van der Waals surface area contributed by atoms with Crippen molar-refractivity contribution in [2.24, 2.45) is 5.73 Å². The van der Waals surface area contributed by atoms with Crippen molar-refractivity contribution in [2.75, 3.05) is 13.1 Å². The van der Waals surface area contributed by atoms with Crippen LogP contribution in [0.5, 0.6) is 0 Å². The van der Waals surface area contributed by atoms with E-state index in [-0.39, 0.29) is 11.9 Å². The van der Waals surface area contributed by atoms with Crippen molar-refractivity contribution in [2.45, 2.75) is 26.8 Å². The summed E-state index contributed by atoms with van der Waals surface area (Å²) in [5.74, 6) is -0.199. The van der Waals surface area contributed by atoms with Gasteiger partial charge in [-0.15, -0.1) is 0 Å². The Labute approximate surface area is 108 Å². The van der Waals surface area contributed by atoms with E-state index in [4.69, 9.17) is 18.0 Å². The average Bonchev–Trinajstić information content (AvgIpc) is 2.29. The number of benzene rings is 1. The summed E-state index contributed by atoms with van der Waals surface area (Å²) < 4.78 is 13.3. The van der Waals surface area contributed by atoms with E-state index in [1.807, 2.05) is 6.07 Å². The smallest absolute Gasteiger partial charge is 0.126 e. The molecule has 0 aromatic heterocycles. The zero-order chi connectivity index (χ0) is 13.0. The summed E-state index contributed by atoms with van der Waals surface area (Å²) in [7, 11) is 0. The molecule has 0 saturated heterocycles. The fraction of sp³-hybridized carbons (Fsp3) is 0.462. The van der Waals surface area contributed by atoms with Crippen LogP contribution in [-0.2, 0) is 0 Å². The largest absolute Gasteiger partial charge is 0.392 e. The average molecular weight is 254 g/mol. The lowest BCUT2D eigenvalue weighted by Crippen LogP contribution is -2.36. The van der Waals surface area contributed by atoms with E-state index >= 15 is 0 Å². The Hall–Kier alpha value is -1.00. The van der Waals surface area contributed by atoms with Crippen LogP contribution in [0.15, 0.2) is 18.2 Å². The second-order valence-electron chi connectivity index (χ2n) is 4.03. The first-order valence-electron chi connectivity index (χ1n) is 5.80. The van der Waals surface area contributed by atoms with Crippen molar-refractivity contribution in [3.8, 4) is 0 Å². The first kappa shape index (κ1) is 14.1. The summed E-state index contributed by atoms with van der Waals surface area (Å²) >= 11 is 5.13. The molecule has 0 radical (unpaired) electrons. The highest BCUT2D eigenvalue weighted by molar-refractivity contribution is 7.80. The molecule has 94 valence electrons. The SMILES string of the molecule is CCN(CC)C(C(N)=S)c1ccc(F)c(C)c1. The van der Waals surface area contributed by atoms with Crippen molar-refractivity contribution in [1.29, 1.82) is 0 Å². The second kappa shape index (κ2) is 6.07. The number of aryl methyl sites for hydroxylation is 1. The quantitative estimate of drug-likeness (QED) is 0.819. The van der Waals surface area contributed by atoms with Crippen LogP contribution in [0.2, 0.25) is 0 Å². The van der Waals surface area contributed by atoms with Gasteiger partial charge < -0.3 is 5.73 Å². The molecule has 0 saturated carbocycles. The standard InChI is InChI=1S/C13H19FN2S/c1-4-16(5-2)12(13(15)17)10-6-7-11(14)9(3)8-10/h6-8,12H,4-5H2,1-3H3,(H2,15,17). The van der Waals surface area contributed by atoms with Crippen LogP contribution >= 0.6 is 12.2 Å². The topological polar surface area (TPSA) is 29.3 Å². The molecular weight excluding hydrogens is 235 g/mol. The predicted molar refractivity (Wildman–Crippen MR) is 73.6 cm³/mol. The second-order valence-corrected chi connectivity index (χ2v) is 4.51. The maximum Gasteiger partial charge on any atom is 0.126 e. The Bertz CT molecular complexity index is 402. The Morgan fingerprint density at radius 3 is 2.41 bits per heavy atom. The van der Waals surface area contributed by atoms with Crippen LogP contribution in [0.25, 0.3) is 0 Å². The highest BCUT2D eigenvalue weighted by Crippen LogP contribution is 2.23. The molecule has 4 heteroatoms. The van der Waals surface area contributed by atoms with E-state index in [1.165, 1.54) is 6.07 Å². The highest BCUT2D eigenvalue weighted by atomic mass is 32.1. The normalized spacial score (nSPS) is 12.8. The van der Waals surface area contributed by atoms with E-state index in [0.29, 0.717) is 10.6 Å². The summed E-state index contributed by atoms with van der Waals surface area (Å²) in [6, 6.07) is 4.93. The van der Waals surface area contributed by atoms with Crippen LogP contribution in [0, 0.1) is 12.7 Å². The number of nitrogens with zero attached hydrogens (tertiary/aromatic N) is 1. The predicted octanol–water partition coefficient (Wildman–Crippen LogP) is 2.80. The van der Waals surface area contributed by atoms with E-state index in [2.05, 4.69) is 18.7 Å². The van der Waals surface area contributed by atoms with Crippen molar-refractivity contribution in [1.82, 2.24) is 4.90 Å². The third-order valence-corrected chi connectivity index (χ3v) is 3.17. The molecule has 1 atom stereocenters. The zero-order valence-corrected chi connectivity index (χ0v) is 11.4. The minimum atomic E-state index is -0.199. The van der Waals surface area contributed by atoms with Gasteiger partial charge in [0.25, 0.3) is 0 Å². The Morgan fingerprint density at radius 1 is 1.41 bits per heavy atom. The monoisotopic (exact) mass is 254 g/mol. The van der Waals surface area contributed by atoms with Gasteiger partial charge in [-0.25, -0.2) is 4.39 Å². The van der Waals surface area contributed by atoms with Crippen molar-refractivity contribution in [3.63, 3.8) is 0 Å². The molecule has 17 heavy (non-hydrogen) atoms. The molecule has 2 nitrogen and oxygen atoms in total. The molecule has 0 amide bonds. The van der Waals surface area contributed by atoms with Gasteiger partial charge in [-0.2, -0.15) is 0 Å². The van der Waals surface area contributed by atoms with Gasteiger partial charge in [0.1, 0.15) is 5.82 Å². The summed E-state index contributed by atoms with van der Waals surface area (Å²) in [5.41, 5.74) is 7.38. The molecule has 2 N–H and O–H groups in total. The van der Waals surface area contributed by atoms with Crippen molar-refractivity contribution >= 4 is 17.2 Å². The summed E-state index contributed by atoms with van der Waals surface area (Å²) in [4.78, 5) is 2.59. The van der Waals surface area contributed by atoms with Crippen LogP contribution in [0.3, 0.4) is 0 Å². The minimum Gasteiger partial charge on any atom is -0.392 e. The first-order valence-corrected chi connectivity index (χ1v) is 6.21. The number of hydrogen-bond donors (Lipinski definition) is 1. The van der Waals surface area contributed by atoms with Gasteiger partial charge in [-0.05, 0) is 37.2 Å².